The molecule has 0 saturated carbocycles. The fraction of sp³-hybridized carbons (Fsp3) is 0.278. The van der Waals surface area contributed by atoms with E-state index in [9.17, 15) is 13.2 Å². The molecule has 0 atom stereocenters. The van der Waals surface area contributed by atoms with Crippen molar-refractivity contribution < 1.29 is 17.9 Å². The lowest BCUT2D eigenvalue weighted by Crippen LogP contribution is -2.40. The first kappa shape index (κ1) is 19.0. The maximum absolute atomic E-state index is 12.3. The van der Waals surface area contributed by atoms with E-state index >= 15 is 0 Å². The number of carbonyl (C=O) groups excluding carboxylic acids is 1. The minimum atomic E-state index is -3.60. The molecule has 1 amide bonds. The van der Waals surface area contributed by atoms with Crippen LogP contribution >= 0.6 is 0 Å². The van der Waals surface area contributed by atoms with Gasteiger partial charge in [0.05, 0.1) is 12.0 Å². The summed E-state index contributed by atoms with van der Waals surface area (Å²) in [5, 5.41) is 2.73. The molecule has 0 heterocycles. The second kappa shape index (κ2) is 7.25. The van der Waals surface area contributed by atoms with Gasteiger partial charge in [0.15, 0.2) is 0 Å². The number of rotatable bonds is 5. The van der Waals surface area contributed by atoms with Gasteiger partial charge in [-0.2, -0.15) is 0 Å². The SMILES string of the molecule is COc1ccc(C(=O)Nc2ccc(S(=O)(=O)NC(C)(C)C)cc2)cc1. The number of hydrogen-bond donors (Lipinski definition) is 2. The number of methoxy groups -OCH3 is 1. The fourth-order valence-corrected chi connectivity index (χ4v) is 3.54. The van der Waals surface area contributed by atoms with Gasteiger partial charge < -0.3 is 10.1 Å². The Labute approximate surface area is 148 Å². The quantitative estimate of drug-likeness (QED) is 0.856. The number of nitrogens with one attached hydrogen (secondary N) is 2. The molecule has 6 nitrogen and oxygen atoms in total. The predicted octanol–water partition coefficient (Wildman–Crippen LogP) is 3.02. The summed E-state index contributed by atoms with van der Waals surface area (Å²) in [5.41, 5.74) is 0.419. The molecule has 2 N–H and O–H groups in total. The van der Waals surface area contributed by atoms with E-state index in [0.29, 0.717) is 17.0 Å². The highest BCUT2D eigenvalue weighted by molar-refractivity contribution is 7.89. The zero-order valence-electron chi connectivity index (χ0n) is 14.7. The van der Waals surface area contributed by atoms with Gasteiger partial charge in [0, 0.05) is 16.8 Å². The fourth-order valence-electron chi connectivity index (χ4n) is 2.13. The van der Waals surface area contributed by atoms with Crippen LogP contribution in [0.25, 0.3) is 0 Å². The van der Waals surface area contributed by atoms with Gasteiger partial charge in [0.1, 0.15) is 5.75 Å². The summed E-state index contributed by atoms with van der Waals surface area (Å²) in [4.78, 5) is 12.3. The van der Waals surface area contributed by atoms with Crippen LogP contribution in [0.5, 0.6) is 5.75 Å². The van der Waals surface area contributed by atoms with Crippen molar-refractivity contribution in [3.05, 3.63) is 54.1 Å². The van der Waals surface area contributed by atoms with Gasteiger partial charge in [-0.15, -0.1) is 0 Å². The van der Waals surface area contributed by atoms with Gasteiger partial charge in [0.25, 0.3) is 5.91 Å². The number of anilines is 1. The molecule has 0 radical (unpaired) electrons. The van der Waals surface area contributed by atoms with Crippen LogP contribution in [0.2, 0.25) is 0 Å². The second-order valence-electron chi connectivity index (χ2n) is 6.56. The molecule has 0 fully saturated rings. The molecule has 0 aliphatic heterocycles. The molecule has 0 bridgehead atoms. The van der Waals surface area contributed by atoms with Crippen molar-refractivity contribution in [1.29, 1.82) is 0 Å². The van der Waals surface area contributed by atoms with Gasteiger partial charge in [-0.3, -0.25) is 4.79 Å². The number of sulfonamides is 1. The summed E-state index contributed by atoms with van der Waals surface area (Å²) < 4.78 is 32.1. The van der Waals surface area contributed by atoms with Crippen LogP contribution in [-0.4, -0.2) is 27.0 Å². The number of carbonyl (C=O) groups is 1. The minimum Gasteiger partial charge on any atom is -0.497 e. The number of hydrogen-bond acceptors (Lipinski definition) is 4. The minimum absolute atomic E-state index is 0.143. The number of ether oxygens (including phenoxy) is 1. The summed E-state index contributed by atoms with van der Waals surface area (Å²) in [7, 11) is -2.04. The first-order valence-electron chi connectivity index (χ1n) is 7.70. The van der Waals surface area contributed by atoms with E-state index in [0.717, 1.165) is 0 Å². The molecule has 0 spiro atoms. The predicted molar refractivity (Wildman–Crippen MR) is 97.5 cm³/mol. The molecular formula is C18H22N2O4S. The van der Waals surface area contributed by atoms with Crippen LogP contribution in [0.1, 0.15) is 31.1 Å². The van der Waals surface area contributed by atoms with Crippen molar-refractivity contribution in [3.8, 4) is 5.75 Å². The van der Waals surface area contributed by atoms with Gasteiger partial charge in [-0.25, -0.2) is 13.1 Å². The number of amides is 1. The van der Waals surface area contributed by atoms with Crippen LogP contribution in [0.3, 0.4) is 0 Å². The van der Waals surface area contributed by atoms with Crippen LogP contribution < -0.4 is 14.8 Å². The van der Waals surface area contributed by atoms with E-state index in [-0.39, 0.29) is 10.8 Å². The van der Waals surface area contributed by atoms with Crippen molar-refractivity contribution in [1.82, 2.24) is 4.72 Å². The average molecular weight is 362 g/mol. The van der Waals surface area contributed by atoms with E-state index in [4.69, 9.17) is 4.74 Å². The van der Waals surface area contributed by atoms with E-state index in [1.807, 2.05) is 0 Å². The van der Waals surface area contributed by atoms with Crippen molar-refractivity contribution >= 4 is 21.6 Å². The highest BCUT2D eigenvalue weighted by atomic mass is 32.2. The summed E-state index contributed by atoms with van der Waals surface area (Å²) in [5.74, 6) is 0.378. The van der Waals surface area contributed by atoms with Gasteiger partial charge in [-0.05, 0) is 69.3 Å². The Bertz CT molecular complexity index is 836. The first-order chi connectivity index (χ1) is 11.6. The number of benzene rings is 2. The molecule has 25 heavy (non-hydrogen) atoms. The Hall–Kier alpha value is -2.38. The van der Waals surface area contributed by atoms with Crippen molar-refractivity contribution in [2.45, 2.75) is 31.2 Å². The molecule has 2 aromatic carbocycles. The highest BCUT2D eigenvalue weighted by Gasteiger charge is 2.21. The summed E-state index contributed by atoms with van der Waals surface area (Å²) in [6.07, 6.45) is 0. The summed E-state index contributed by atoms with van der Waals surface area (Å²) >= 11 is 0. The maximum Gasteiger partial charge on any atom is 0.255 e. The lowest BCUT2D eigenvalue weighted by atomic mass is 10.1. The van der Waals surface area contributed by atoms with Gasteiger partial charge in [0.2, 0.25) is 10.0 Å². The third-order valence-corrected chi connectivity index (χ3v) is 4.99. The molecule has 0 saturated heterocycles. The third-order valence-electron chi connectivity index (χ3n) is 3.22. The summed E-state index contributed by atoms with van der Waals surface area (Å²) in [6, 6.07) is 12.7. The van der Waals surface area contributed by atoms with Crippen LogP contribution in [0.4, 0.5) is 5.69 Å². The lowest BCUT2D eigenvalue weighted by Gasteiger charge is -2.20. The van der Waals surface area contributed by atoms with Gasteiger partial charge >= 0.3 is 0 Å². The van der Waals surface area contributed by atoms with Crippen LogP contribution in [0, 0.1) is 0 Å². The Balaban J connectivity index is 2.10. The maximum atomic E-state index is 12.3. The molecule has 7 heteroatoms. The van der Waals surface area contributed by atoms with E-state index in [1.54, 1.807) is 64.3 Å². The first-order valence-corrected chi connectivity index (χ1v) is 9.18. The zero-order valence-corrected chi connectivity index (χ0v) is 15.5. The standard InChI is InChI=1S/C18H22N2O4S/c1-18(2,3)20-25(22,23)16-11-7-14(8-12-16)19-17(21)13-5-9-15(24-4)10-6-13/h5-12,20H,1-4H3,(H,19,21). The molecule has 0 aromatic heterocycles. The van der Waals surface area contributed by atoms with E-state index in [2.05, 4.69) is 10.0 Å². The van der Waals surface area contributed by atoms with Crippen molar-refractivity contribution in [3.63, 3.8) is 0 Å². The largest absolute Gasteiger partial charge is 0.497 e. The summed E-state index contributed by atoms with van der Waals surface area (Å²) in [6.45, 7) is 5.32. The third kappa shape index (κ3) is 5.30. The molecule has 0 aliphatic carbocycles. The smallest absolute Gasteiger partial charge is 0.255 e. The second-order valence-corrected chi connectivity index (χ2v) is 8.24. The van der Waals surface area contributed by atoms with Gasteiger partial charge in [-0.1, -0.05) is 0 Å². The van der Waals surface area contributed by atoms with E-state index in [1.165, 1.54) is 12.1 Å². The molecule has 0 unspecified atom stereocenters. The Morgan fingerprint density at radius 3 is 2.00 bits per heavy atom. The lowest BCUT2D eigenvalue weighted by molar-refractivity contribution is 0.102. The van der Waals surface area contributed by atoms with Crippen molar-refractivity contribution in [2.75, 3.05) is 12.4 Å². The Morgan fingerprint density at radius 1 is 0.960 bits per heavy atom. The Kier molecular flexibility index (Phi) is 5.49. The molecule has 2 rings (SSSR count). The molecule has 0 aliphatic rings. The highest BCUT2D eigenvalue weighted by Crippen LogP contribution is 2.18. The Morgan fingerprint density at radius 2 is 1.52 bits per heavy atom. The average Bonchev–Trinajstić information content (AvgIpc) is 2.53. The van der Waals surface area contributed by atoms with Crippen molar-refractivity contribution in [2.24, 2.45) is 0 Å². The molecular weight excluding hydrogens is 340 g/mol. The molecule has 134 valence electrons. The zero-order chi connectivity index (χ0) is 18.7. The monoisotopic (exact) mass is 362 g/mol. The molecule has 2 aromatic rings. The normalized spacial score (nSPS) is 11.8. The topological polar surface area (TPSA) is 84.5 Å². The van der Waals surface area contributed by atoms with E-state index < -0.39 is 15.6 Å². The van der Waals surface area contributed by atoms with Crippen LogP contribution in [-0.2, 0) is 10.0 Å². The van der Waals surface area contributed by atoms with Crippen LogP contribution in [0.15, 0.2) is 53.4 Å².